The maximum absolute atomic E-state index is 13.5. The Balaban J connectivity index is 1.20. The number of fused-ring (bicyclic) bond motifs is 1. The Morgan fingerprint density at radius 3 is 2.89 bits per heavy atom. The number of rotatable bonds is 4. The lowest BCUT2D eigenvalue weighted by Crippen LogP contribution is -2.78. The summed E-state index contributed by atoms with van der Waals surface area (Å²) in [4.78, 5) is 16.0. The third kappa shape index (κ3) is 2.57. The minimum absolute atomic E-state index is 0.0253. The predicted octanol–water partition coefficient (Wildman–Crippen LogP) is 3.50. The van der Waals surface area contributed by atoms with Gasteiger partial charge in [-0.25, -0.2) is 0 Å². The van der Waals surface area contributed by atoms with E-state index in [0.29, 0.717) is 29.7 Å². The number of aliphatic hydroxyl groups is 1. The van der Waals surface area contributed by atoms with Crippen molar-refractivity contribution >= 4 is 16.9 Å². The van der Waals surface area contributed by atoms with E-state index in [-0.39, 0.29) is 23.7 Å². The molecule has 2 bridgehead atoms. The first-order valence-electron chi connectivity index (χ1n) is 13.2. The summed E-state index contributed by atoms with van der Waals surface area (Å²) in [7, 11) is 0. The normalized spacial score (nSPS) is 34.3. The second kappa shape index (κ2) is 7.05. The van der Waals surface area contributed by atoms with Crippen molar-refractivity contribution in [1.29, 1.82) is 0 Å². The Hall–Kier alpha value is -3.03. The Kier molecular flexibility index (Phi) is 4.13. The molecule has 7 heteroatoms. The molecule has 186 valence electrons. The first-order chi connectivity index (χ1) is 17.5. The van der Waals surface area contributed by atoms with Crippen LogP contribution in [0.2, 0.25) is 0 Å². The van der Waals surface area contributed by atoms with E-state index in [4.69, 9.17) is 9.15 Å². The van der Waals surface area contributed by atoms with Crippen LogP contribution in [0, 0.1) is 5.92 Å². The number of nitrogens with zero attached hydrogens (tertiary/aromatic N) is 1. The minimum atomic E-state index is -0.956. The van der Waals surface area contributed by atoms with Gasteiger partial charge in [0.05, 0.1) is 28.9 Å². The topological polar surface area (TPSA) is 95.2 Å². The summed E-state index contributed by atoms with van der Waals surface area (Å²) in [5.74, 6) is 1.20. The van der Waals surface area contributed by atoms with Crippen LogP contribution in [0.3, 0.4) is 0 Å². The molecule has 3 N–H and O–H groups in total. The maximum atomic E-state index is 13.5. The van der Waals surface area contributed by atoms with Crippen LogP contribution in [0.1, 0.15) is 53.6 Å². The second-order valence-electron chi connectivity index (χ2n) is 11.5. The number of carbonyl (C=O) groups excluding carboxylic acids is 1. The van der Waals surface area contributed by atoms with Crippen molar-refractivity contribution < 1.29 is 24.2 Å². The number of carbonyl (C=O) groups is 1. The zero-order valence-electron chi connectivity index (χ0n) is 20.1. The van der Waals surface area contributed by atoms with Gasteiger partial charge in [-0.2, -0.15) is 0 Å². The van der Waals surface area contributed by atoms with Crippen molar-refractivity contribution in [3.05, 3.63) is 59.4 Å². The monoisotopic (exact) mass is 486 g/mol. The molecular weight excluding hydrogens is 456 g/mol. The average Bonchev–Trinajstić information content (AvgIpc) is 3.41. The molecule has 1 amide bonds. The quantitative estimate of drug-likeness (QED) is 0.523. The van der Waals surface area contributed by atoms with Gasteiger partial charge in [-0.15, -0.1) is 0 Å². The molecule has 3 fully saturated rings. The fraction of sp³-hybridized carbons (Fsp3) is 0.483. The Morgan fingerprint density at radius 1 is 1.14 bits per heavy atom. The van der Waals surface area contributed by atoms with E-state index in [2.05, 4.69) is 10.2 Å². The molecule has 1 aromatic heterocycles. The van der Waals surface area contributed by atoms with Crippen LogP contribution in [0.15, 0.2) is 47.1 Å². The van der Waals surface area contributed by atoms with Crippen LogP contribution in [-0.4, -0.2) is 57.9 Å². The van der Waals surface area contributed by atoms with E-state index in [1.807, 2.05) is 30.3 Å². The highest BCUT2D eigenvalue weighted by Crippen LogP contribution is 2.65. The molecule has 0 unspecified atom stereocenters. The Morgan fingerprint density at radius 2 is 2.03 bits per heavy atom. The number of hydrogen-bond donors (Lipinski definition) is 3. The molecule has 8 rings (SSSR count). The van der Waals surface area contributed by atoms with Gasteiger partial charge in [0, 0.05) is 23.5 Å². The van der Waals surface area contributed by atoms with Crippen molar-refractivity contribution in [2.24, 2.45) is 5.92 Å². The van der Waals surface area contributed by atoms with E-state index in [1.165, 1.54) is 12.8 Å². The predicted molar refractivity (Wildman–Crippen MR) is 132 cm³/mol. The van der Waals surface area contributed by atoms with Crippen LogP contribution in [0.25, 0.3) is 11.0 Å². The van der Waals surface area contributed by atoms with Gasteiger partial charge in [0.25, 0.3) is 5.91 Å². The Bertz CT molecular complexity index is 1410. The van der Waals surface area contributed by atoms with E-state index >= 15 is 0 Å². The number of furan rings is 1. The van der Waals surface area contributed by atoms with Crippen molar-refractivity contribution in [3.63, 3.8) is 0 Å². The smallest absolute Gasteiger partial charge is 0.252 e. The van der Waals surface area contributed by atoms with Crippen LogP contribution in [0.4, 0.5) is 0 Å². The van der Waals surface area contributed by atoms with Gasteiger partial charge in [0.2, 0.25) is 0 Å². The van der Waals surface area contributed by atoms with E-state index in [0.717, 1.165) is 48.4 Å². The molecular formula is C29H30N2O5. The van der Waals surface area contributed by atoms with E-state index in [1.54, 1.807) is 12.3 Å². The van der Waals surface area contributed by atoms with Gasteiger partial charge in [-0.3, -0.25) is 9.69 Å². The van der Waals surface area contributed by atoms with Crippen LogP contribution in [-0.2, 0) is 11.8 Å². The lowest BCUT2D eigenvalue weighted by Gasteiger charge is -2.64. The van der Waals surface area contributed by atoms with E-state index < -0.39 is 17.1 Å². The fourth-order valence-electron chi connectivity index (χ4n) is 8.07. The summed E-state index contributed by atoms with van der Waals surface area (Å²) in [6, 6.07) is 10.8. The minimum Gasteiger partial charge on any atom is -0.504 e. The summed E-state index contributed by atoms with van der Waals surface area (Å²) in [6.45, 7) is 1.94. The lowest BCUT2D eigenvalue weighted by molar-refractivity contribution is -0.191. The number of benzene rings is 2. The molecule has 5 atom stereocenters. The van der Waals surface area contributed by atoms with Gasteiger partial charge >= 0.3 is 0 Å². The number of amides is 1. The highest BCUT2D eigenvalue weighted by molar-refractivity contribution is 6.06. The van der Waals surface area contributed by atoms with Gasteiger partial charge in [-0.05, 0) is 80.8 Å². The molecule has 3 aromatic rings. The summed E-state index contributed by atoms with van der Waals surface area (Å²) >= 11 is 0. The molecule has 1 saturated heterocycles. The fourth-order valence-corrected chi connectivity index (χ4v) is 8.07. The molecule has 2 aliphatic heterocycles. The number of nitrogens with one attached hydrogen (secondary N) is 1. The lowest BCUT2D eigenvalue weighted by atomic mass is 9.48. The molecule has 0 radical (unpaired) electrons. The van der Waals surface area contributed by atoms with E-state index in [9.17, 15) is 15.0 Å². The first kappa shape index (κ1) is 21.1. The van der Waals surface area contributed by atoms with Crippen molar-refractivity contribution in [2.45, 2.75) is 67.7 Å². The molecule has 2 aromatic carbocycles. The number of likely N-dealkylation sites (tertiary alicyclic amines) is 1. The number of aromatic hydroxyl groups is 1. The van der Waals surface area contributed by atoms with Crippen molar-refractivity contribution in [3.8, 4) is 11.5 Å². The van der Waals surface area contributed by atoms with Gasteiger partial charge in [-0.1, -0.05) is 12.1 Å². The molecule has 3 heterocycles. The molecule has 5 aliphatic rings. The third-order valence-electron chi connectivity index (χ3n) is 9.82. The number of phenolic OH excluding ortho intramolecular Hbond substituents is 1. The standard InChI is InChI=1S/C29H30N2O5/c32-21-7-6-17-14-23-29(34)10-8-20(30-27(33)19-2-1-3-22-18(19)9-13-35-22)26-28(29,24(17)25(21)36-26)11-12-31(23)15-16-4-5-16/h1-3,6-7,9,13,16,20,23,26,32,34H,4-5,8,10-12,14-15H2,(H,30,33)/t20-,23+,26-,28-,29+/m0/s1. The van der Waals surface area contributed by atoms with Gasteiger partial charge in [0.15, 0.2) is 11.5 Å². The molecule has 7 nitrogen and oxygen atoms in total. The number of ether oxygens (including phenoxy) is 1. The zero-order chi connectivity index (χ0) is 24.2. The molecule has 3 aliphatic carbocycles. The van der Waals surface area contributed by atoms with Crippen LogP contribution < -0.4 is 10.1 Å². The van der Waals surface area contributed by atoms with Gasteiger partial charge < -0.3 is 24.7 Å². The zero-order valence-corrected chi connectivity index (χ0v) is 20.1. The summed E-state index contributed by atoms with van der Waals surface area (Å²) < 4.78 is 12.1. The number of phenols is 1. The Labute approximate surface area is 209 Å². The largest absolute Gasteiger partial charge is 0.504 e. The third-order valence-corrected chi connectivity index (χ3v) is 9.82. The van der Waals surface area contributed by atoms with Crippen LogP contribution >= 0.6 is 0 Å². The summed E-state index contributed by atoms with van der Waals surface area (Å²) in [5, 5.41) is 27.4. The van der Waals surface area contributed by atoms with Crippen molar-refractivity contribution in [2.75, 3.05) is 13.1 Å². The highest BCUT2D eigenvalue weighted by atomic mass is 16.5. The van der Waals surface area contributed by atoms with Crippen LogP contribution in [0.5, 0.6) is 11.5 Å². The van der Waals surface area contributed by atoms with Crippen molar-refractivity contribution in [1.82, 2.24) is 10.2 Å². The first-order valence-corrected chi connectivity index (χ1v) is 13.2. The summed E-state index contributed by atoms with van der Waals surface area (Å²) in [6.07, 6.45) is 6.46. The molecule has 2 saturated carbocycles. The second-order valence-corrected chi connectivity index (χ2v) is 11.5. The van der Waals surface area contributed by atoms with Gasteiger partial charge in [0.1, 0.15) is 11.7 Å². The SMILES string of the molecule is O=C(N[C@H]1CC[C@@]2(O)[C@H]3Cc4ccc(O)c5c4[C@@]2(CCN3CC2CC2)[C@H]1O5)c1cccc2occc12. The highest BCUT2D eigenvalue weighted by Gasteiger charge is 2.73. The summed E-state index contributed by atoms with van der Waals surface area (Å²) in [5.41, 5.74) is 1.79. The average molecular weight is 487 g/mol. The number of piperidine rings is 1. The number of hydrogen-bond acceptors (Lipinski definition) is 6. The molecule has 1 spiro atoms. The molecule has 36 heavy (non-hydrogen) atoms. The maximum Gasteiger partial charge on any atom is 0.252 e.